The summed E-state index contributed by atoms with van der Waals surface area (Å²) in [5.41, 5.74) is 0.809. The lowest BCUT2D eigenvalue weighted by Gasteiger charge is -2.13. The SMILES string of the molecule is CCCCCC1(CC)CC1CC. The van der Waals surface area contributed by atoms with Gasteiger partial charge in [-0.2, -0.15) is 0 Å². The van der Waals surface area contributed by atoms with Crippen LogP contribution in [-0.4, -0.2) is 0 Å². The molecule has 12 heavy (non-hydrogen) atoms. The second kappa shape index (κ2) is 4.30. The highest BCUT2D eigenvalue weighted by atomic mass is 14.5. The first-order valence-electron chi connectivity index (χ1n) is 5.79. The molecule has 72 valence electrons. The lowest BCUT2D eigenvalue weighted by atomic mass is 9.92. The van der Waals surface area contributed by atoms with Crippen molar-refractivity contribution in [3.05, 3.63) is 0 Å². The van der Waals surface area contributed by atoms with Crippen LogP contribution in [0.2, 0.25) is 0 Å². The average Bonchev–Trinajstić information content (AvgIpc) is 2.80. The van der Waals surface area contributed by atoms with Crippen LogP contribution in [0.1, 0.15) is 65.7 Å². The van der Waals surface area contributed by atoms with E-state index in [1.54, 1.807) is 0 Å². The molecule has 0 aromatic heterocycles. The molecule has 0 aliphatic heterocycles. The van der Waals surface area contributed by atoms with Gasteiger partial charge >= 0.3 is 0 Å². The van der Waals surface area contributed by atoms with Crippen LogP contribution < -0.4 is 0 Å². The van der Waals surface area contributed by atoms with Crippen LogP contribution in [0, 0.1) is 11.3 Å². The average molecular weight is 168 g/mol. The van der Waals surface area contributed by atoms with Crippen LogP contribution in [-0.2, 0) is 0 Å². The Hall–Kier alpha value is 0. The fraction of sp³-hybridized carbons (Fsp3) is 1.00. The van der Waals surface area contributed by atoms with Crippen molar-refractivity contribution in [3.8, 4) is 0 Å². The summed E-state index contributed by atoms with van der Waals surface area (Å²) in [7, 11) is 0. The summed E-state index contributed by atoms with van der Waals surface area (Å²) in [5, 5.41) is 0. The molecule has 0 aromatic carbocycles. The van der Waals surface area contributed by atoms with Crippen molar-refractivity contribution >= 4 is 0 Å². The maximum absolute atomic E-state index is 2.38. The van der Waals surface area contributed by atoms with E-state index >= 15 is 0 Å². The van der Waals surface area contributed by atoms with Gasteiger partial charge in [0.05, 0.1) is 0 Å². The van der Waals surface area contributed by atoms with Gasteiger partial charge in [0.15, 0.2) is 0 Å². The first-order chi connectivity index (χ1) is 5.79. The Labute approximate surface area is 77.7 Å². The van der Waals surface area contributed by atoms with Gasteiger partial charge in [-0.1, -0.05) is 52.9 Å². The van der Waals surface area contributed by atoms with Crippen LogP contribution in [0.3, 0.4) is 0 Å². The van der Waals surface area contributed by atoms with Crippen molar-refractivity contribution < 1.29 is 0 Å². The molecule has 2 atom stereocenters. The normalized spacial score (nSPS) is 33.8. The minimum absolute atomic E-state index is 0.809. The van der Waals surface area contributed by atoms with Gasteiger partial charge in [0.2, 0.25) is 0 Å². The standard InChI is InChI=1S/C12H24/c1-4-7-8-9-12(6-3)10-11(12)5-2/h11H,4-10H2,1-3H3. The van der Waals surface area contributed by atoms with Crippen molar-refractivity contribution in [1.82, 2.24) is 0 Å². The van der Waals surface area contributed by atoms with Crippen molar-refractivity contribution in [3.63, 3.8) is 0 Å². The van der Waals surface area contributed by atoms with Crippen molar-refractivity contribution in [2.75, 3.05) is 0 Å². The van der Waals surface area contributed by atoms with E-state index in [9.17, 15) is 0 Å². The van der Waals surface area contributed by atoms with E-state index in [-0.39, 0.29) is 0 Å². The van der Waals surface area contributed by atoms with Crippen LogP contribution in [0.15, 0.2) is 0 Å². The van der Waals surface area contributed by atoms with Gasteiger partial charge in [0, 0.05) is 0 Å². The summed E-state index contributed by atoms with van der Waals surface area (Å²) < 4.78 is 0. The van der Waals surface area contributed by atoms with Gasteiger partial charge in [0.1, 0.15) is 0 Å². The zero-order valence-electron chi connectivity index (χ0n) is 9.03. The molecule has 0 aromatic rings. The van der Waals surface area contributed by atoms with E-state index in [0.717, 1.165) is 11.3 Å². The highest BCUT2D eigenvalue weighted by Crippen LogP contribution is 2.59. The topological polar surface area (TPSA) is 0 Å². The van der Waals surface area contributed by atoms with Crippen LogP contribution in [0.25, 0.3) is 0 Å². The van der Waals surface area contributed by atoms with Crippen molar-refractivity contribution in [1.29, 1.82) is 0 Å². The van der Waals surface area contributed by atoms with Gasteiger partial charge in [0.25, 0.3) is 0 Å². The molecule has 0 heteroatoms. The van der Waals surface area contributed by atoms with E-state index in [0.29, 0.717) is 0 Å². The van der Waals surface area contributed by atoms with Crippen LogP contribution in [0.5, 0.6) is 0 Å². The summed E-state index contributed by atoms with van der Waals surface area (Å²) in [6.07, 6.45) is 10.2. The molecular weight excluding hydrogens is 144 g/mol. The van der Waals surface area contributed by atoms with Crippen molar-refractivity contribution in [2.45, 2.75) is 65.7 Å². The molecule has 1 fully saturated rings. The lowest BCUT2D eigenvalue weighted by Crippen LogP contribution is -2.02. The van der Waals surface area contributed by atoms with Gasteiger partial charge in [-0.3, -0.25) is 0 Å². The molecule has 0 bridgehead atoms. The number of hydrogen-bond acceptors (Lipinski definition) is 0. The second-order valence-electron chi connectivity index (χ2n) is 4.48. The van der Waals surface area contributed by atoms with E-state index in [4.69, 9.17) is 0 Å². The minimum Gasteiger partial charge on any atom is -0.0654 e. The Morgan fingerprint density at radius 1 is 1.17 bits per heavy atom. The Kier molecular flexibility index (Phi) is 3.61. The summed E-state index contributed by atoms with van der Waals surface area (Å²) in [6.45, 7) is 7.02. The zero-order valence-corrected chi connectivity index (χ0v) is 9.03. The lowest BCUT2D eigenvalue weighted by molar-refractivity contribution is 0.380. The maximum atomic E-state index is 2.38. The molecular formula is C12H24. The molecule has 2 unspecified atom stereocenters. The van der Waals surface area contributed by atoms with Gasteiger partial charge < -0.3 is 0 Å². The van der Waals surface area contributed by atoms with Gasteiger partial charge in [-0.25, -0.2) is 0 Å². The molecule has 1 aliphatic rings. The predicted molar refractivity (Wildman–Crippen MR) is 55.3 cm³/mol. The third-order valence-corrected chi connectivity index (χ3v) is 3.83. The Morgan fingerprint density at radius 2 is 1.92 bits per heavy atom. The zero-order chi connectivity index (χ0) is 9.03. The second-order valence-corrected chi connectivity index (χ2v) is 4.48. The summed E-state index contributed by atoms with van der Waals surface area (Å²) in [5.74, 6) is 1.08. The first kappa shape index (κ1) is 10.1. The van der Waals surface area contributed by atoms with Gasteiger partial charge in [-0.05, 0) is 24.2 Å². The monoisotopic (exact) mass is 168 g/mol. The highest BCUT2D eigenvalue weighted by Gasteiger charge is 2.49. The van der Waals surface area contributed by atoms with E-state index in [1.807, 2.05) is 0 Å². The van der Waals surface area contributed by atoms with E-state index in [1.165, 1.54) is 44.9 Å². The van der Waals surface area contributed by atoms with E-state index < -0.39 is 0 Å². The van der Waals surface area contributed by atoms with Gasteiger partial charge in [-0.15, -0.1) is 0 Å². The largest absolute Gasteiger partial charge is 0.0654 e. The molecule has 1 rings (SSSR count). The highest BCUT2D eigenvalue weighted by molar-refractivity contribution is 4.99. The summed E-state index contributed by atoms with van der Waals surface area (Å²) >= 11 is 0. The minimum atomic E-state index is 0.809. The summed E-state index contributed by atoms with van der Waals surface area (Å²) in [6, 6.07) is 0. The predicted octanol–water partition coefficient (Wildman–Crippen LogP) is 4.39. The van der Waals surface area contributed by atoms with Crippen LogP contribution >= 0.6 is 0 Å². The molecule has 0 saturated heterocycles. The molecule has 1 saturated carbocycles. The maximum Gasteiger partial charge on any atom is -0.0269 e. The fourth-order valence-corrected chi connectivity index (χ4v) is 2.65. The first-order valence-corrected chi connectivity index (χ1v) is 5.79. The number of hydrogen-bond donors (Lipinski definition) is 0. The fourth-order valence-electron chi connectivity index (χ4n) is 2.65. The van der Waals surface area contributed by atoms with Crippen molar-refractivity contribution in [2.24, 2.45) is 11.3 Å². The summed E-state index contributed by atoms with van der Waals surface area (Å²) in [4.78, 5) is 0. The number of rotatable bonds is 6. The molecule has 0 amide bonds. The Bertz CT molecular complexity index is 128. The molecule has 0 heterocycles. The molecule has 0 radical (unpaired) electrons. The quantitative estimate of drug-likeness (QED) is 0.516. The molecule has 0 spiro atoms. The molecule has 0 N–H and O–H groups in total. The third-order valence-electron chi connectivity index (χ3n) is 3.83. The smallest absolute Gasteiger partial charge is 0.0269 e. The third kappa shape index (κ3) is 2.02. The number of unbranched alkanes of at least 4 members (excludes halogenated alkanes) is 2. The molecule has 1 aliphatic carbocycles. The van der Waals surface area contributed by atoms with E-state index in [2.05, 4.69) is 20.8 Å². The molecule has 0 nitrogen and oxygen atoms in total. The Balaban J connectivity index is 2.19. The Morgan fingerprint density at radius 3 is 2.33 bits per heavy atom. The van der Waals surface area contributed by atoms with Crippen LogP contribution in [0.4, 0.5) is 0 Å².